The van der Waals surface area contributed by atoms with E-state index in [-0.39, 0.29) is 118 Å². The smallest absolute Gasteiger partial charge is 0 e. The van der Waals surface area contributed by atoms with Gasteiger partial charge in [-0.15, -0.1) is 0 Å². The van der Waals surface area contributed by atoms with Crippen molar-refractivity contribution in [3.05, 3.63) is 0 Å². The van der Waals surface area contributed by atoms with Gasteiger partial charge in [0, 0.05) is 63.2 Å². The molecule has 13 heteroatoms. The van der Waals surface area contributed by atoms with Gasteiger partial charge in [0.2, 0.25) is 0 Å². The van der Waals surface area contributed by atoms with Crippen molar-refractivity contribution in [3.63, 3.8) is 0 Å². The van der Waals surface area contributed by atoms with Gasteiger partial charge >= 0.3 is 0 Å². The summed E-state index contributed by atoms with van der Waals surface area (Å²) in [5.74, 6) is 0. The Morgan fingerprint density at radius 1 is 0.231 bits per heavy atom. The molecular formula is H21O10W3+. The molecule has 0 saturated heterocycles. The fraction of sp³-hybridized carbons (Fsp3) is 0. The fourth-order valence-electron chi connectivity index (χ4n) is 0. The second-order valence-electron chi connectivity index (χ2n) is 0. The SMILES string of the molecule is O.O.O.O.O.O.O.O.O.[OH3+].[W].[W].[W]. The molecule has 0 rings (SSSR count). The Bertz CT molecular complexity index is 10.1. The van der Waals surface area contributed by atoms with E-state index < -0.39 is 0 Å². The largest absolute Gasteiger partial charge is 0.457 e. The Morgan fingerprint density at radius 2 is 0.231 bits per heavy atom. The molecule has 21 N–H and O–H groups in total. The molecule has 0 aromatic rings. The van der Waals surface area contributed by atoms with Crippen molar-refractivity contribution in [1.29, 1.82) is 0 Å². The van der Waals surface area contributed by atoms with Gasteiger partial charge < -0.3 is 54.8 Å². The summed E-state index contributed by atoms with van der Waals surface area (Å²) in [5.41, 5.74) is 0. The molecule has 13 heavy (non-hydrogen) atoms. The minimum absolute atomic E-state index is 0. The minimum atomic E-state index is 0. The molecule has 0 saturated carbocycles. The molecular weight excluding hydrogens is 712 g/mol. The third kappa shape index (κ3) is 671. The van der Waals surface area contributed by atoms with Crippen LogP contribution in [0.3, 0.4) is 0 Å². The zero-order chi connectivity index (χ0) is 0. The summed E-state index contributed by atoms with van der Waals surface area (Å²) in [7, 11) is 0. The molecule has 0 unspecified atom stereocenters. The molecule has 0 atom stereocenters. The van der Waals surface area contributed by atoms with Gasteiger partial charge in [-0.1, -0.05) is 0 Å². The Kier molecular flexibility index (Phi) is 60100. The maximum Gasteiger partial charge on any atom is 0 e. The molecule has 0 spiro atoms. The summed E-state index contributed by atoms with van der Waals surface area (Å²) < 4.78 is 0. The van der Waals surface area contributed by atoms with Crippen molar-refractivity contribution in [2.24, 2.45) is 0 Å². The van der Waals surface area contributed by atoms with Crippen LogP contribution in [0.2, 0.25) is 0 Å². The Hall–Kier alpha value is 1.66. The van der Waals surface area contributed by atoms with E-state index in [1.54, 1.807) is 0 Å². The molecule has 0 aromatic carbocycles. The number of hydrogen-bond acceptors (Lipinski definition) is 0. The predicted molar refractivity (Wildman–Crippen MR) is 37.4 cm³/mol. The summed E-state index contributed by atoms with van der Waals surface area (Å²) >= 11 is 0. The van der Waals surface area contributed by atoms with Crippen LogP contribution < -0.4 is 0 Å². The van der Waals surface area contributed by atoms with Crippen LogP contribution >= 0.6 is 0 Å². The Balaban J connectivity index is 0. The quantitative estimate of drug-likeness (QED) is 0.210. The van der Waals surface area contributed by atoms with Crippen LogP contribution in [0.4, 0.5) is 0 Å². The van der Waals surface area contributed by atoms with Crippen molar-refractivity contribution < 1.29 is 118 Å². The maximum atomic E-state index is 0. The van der Waals surface area contributed by atoms with Gasteiger partial charge in [0.15, 0.2) is 0 Å². The molecule has 98 valence electrons. The van der Waals surface area contributed by atoms with Crippen LogP contribution in [-0.2, 0) is 68.7 Å². The Labute approximate surface area is 117 Å². The monoisotopic (exact) mass is 733 g/mol. The van der Waals surface area contributed by atoms with Gasteiger partial charge in [-0.25, -0.2) is 0 Å². The second kappa shape index (κ2) is 791. The zero-order valence-corrected chi connectivity index (χ0v) is 15.1. The fourth-order valence-corrected chi connectivity index (χ4v) is 0. The van der Waals surface area contributed by atoms with E-state index in [4.69, 9.17) is 0 Å². The first kappa shape index (κ1) is 988. The first-order valence-corrected chi connectivity index (χ1v) is 0. The standard InChI is InChI=1S/10H2O.3W/h10*1H2;;;/p+1. The van der Waals surface area contributed by atoms with Crippen LogP contribution in [0.15, 0.2) is 0 Å². The van der Waals surface area contributed by atoms with E-state index in [2.05, 4.69) is 0 Å². The van der Waals surface area contributed by atoms with Crippen LogP contribution in [0.25, 0.3) is 0 Å². The van der Waals surface area contributed by atoms with Gasteiger partial charge in [-0.05, 0) is 0 Å². The van der Waals surface area contributed by atoms with E-state index in [0.717, 1.165) is 0 Å². The first-order valence-electron chi connectivity index (χ1n) is 0. The van der Waals surface area contributed by atoms with Crippen LogP contribution in [-0.4, -0.2) is 49.3 Å². The molecule has 0 radical (unpaired) electrons. The summed E-state index contributed by atoms with van der Waals surface area (Å²) in [5, 5.41) is 0. The van der Waals surface area contributed by atoms with E-state index >= 15 is 0 Å². The van der Waals surface area contributed by atoms with Crippen LogP contribution in [0.1, 0.15) is 0 Å². The first-order chi connectivity index (χ1) is 0. The van der Waals surface area contributed by atoms with Crippen molar-refractivity contribution in [2.45, 2.75) is 0 Å². The van der Waals surface area contributed by atoms with E-state index in [1.165, 1.54) is 0 Å². The average molecular weight is 733 g/mol. The van der Waals surface area contributed by atoms with Gasteiger partial charge in [0.25, 0.3) is 0 Å². The van der Waals surface area contributed by atoms with Crippen molar-refractivity contribution in [3.8, 4) is 0 Å². The van der Waals surface area contributed by atoms with Crippen molar-refractivity contribution >= 4 is 0 Å². The maximum absolute atomic E-state index is 0. The average Bonchev–Trinajstić information content (AvgIpc) is 0. The van der Waals surface area contributed by atoms with E-state index in [9.17, 15) is 0 Å². The molecule has 0 bridgehead atoms. The molecule has 0 heterocycles. The van der Waals surface area contributed by atoms with Gasteiger partial charge in [-0.3, -0.25) is 0 Å². The molecule has 0 aliphatic rings. The van der Waals surface area contributed by atoms with Gasteiger partial charge in [0.05, 0.1) is 0 Å². The summed E-state index contributed by atoms with van der Waals surface area (Å²) in [4.78, 5) is 0. The zero-order valence-electron chi connectivity index (χ0n) is 6.30. The van der Waals surface area contributed by atoms with E-state index in [1.807, 2.05) is 0 Å². The van der Waals surface area contributed by atoms with Gasteiger partial charge in [0.1, 0.15) is 0 Å². The topological polar surface area (TPSA) is 316 Å². The molecule has 0 aliphatic carbocycles. The normalized spacial score (nSPS) is 0. The van der Waals surface area contributed by atoms with Crippen molar-refractivity contribution in [2.75, 3.05) is 0 Å². The number of hydrogen-bond donors (Lipinski definition) is 0. The molecule has 10 nitrogen and oxygen atoms in total. The van der Waals surface area contributed by atoms with Crippen LogP contribution in [0, 0.1) is 0 Å². The predicted octanol–water partition coefficient (Wildman–Crippen LogP) is -8.35. The molecule has 0 aliphatic heterocycles. The number of rotatable bonds is 0. The third-order valence-electron chi connectivity index (χ3n) is 0. The summed E-state index contributed by atoms with van der Waals surface area (Å²) in [6.45, 7) is 0. The Morgan fingerprint density at radius 3 is 0.231 bits per heavy atom. The van der Waals surface area contributed by atoms with Gasteiger partial charge in [-0.2, -0.15) is 0 Å². The third-order valence-corrected chi connectivity index (χ3v) is 0. The molecule has 0 fully saturated rings. The molecule has 0 aromatic heterocycles. The molecule has 0 amide bonds. The second-order valence-corrected chi connectivity index (χ2v) is 0. The summed E-state index contributed by atoms with van der Waals surface area (Å²) in [6.07, 6.45) is 0. The van der Waals surface area contributed by atoms with Crippen LogP contribution in [0.5, 0.6) is 0 Å². The summed E-state index contributed by atoms with van der Waals surface area (Å²) in [6, 6.07) is 0. The van der Waals surface area contributed by atoms with Crippen molar-refractivity contribution in [1.82, 2.24) is 0 Å². The van der Waals surface area contributed by atoms with E-state index in [0.29, 0.717) is 0 Å². The minimum Gasteiger partial charge on any atom is -0.457 e.